The van der Waals surface area contributed by atoms with Crippen molar-refractivity contribution in [3.05, 3.63) is 107 Å². The zero-order chi connectivity index (χ0) is 29.7. The fourth-order valence-electron chi connectivity index (χ4n) is 4.80. The van der Waals surface area contributed by atoms with Crippen LogP contribution in [0.1, 0.15) is 17.5 Å². The van der Waals surface area contributed by atoms with Gasteiger partial charge in [-0.15, -0.1) is 0 Å². The Morgan fingerprint density at radius 2 is 1.55 bits per heavy atom. The van der Waals surface area contributed by atoms with E-state index in [-0.39, 0.29) is 23.5 Å². The standard InChI is InChI=1S/C13H12BrCl2N3O.C13H12F2N6O/c14-9-4-13(20-5-9,6-19-8-17-7-18-19)11-2-1-10(15)3-12(11)16;14-10-1-2-11(12(15)3-10)13(22,4-20-8-16-6-18-20)5-21-9-17-7-19-21/h1-3,7-9H,4-6H2;1-3,6-9,22H,4-5H2. The summed E-state index contributed by atoms with van der Waals surface area (Å²) in [5.41, 5.74) is -1.33. The first-order valence-corrected chi connectivity index (χ1v) is 14.2. The molecule has 0 amide bonds. The summed E-state index contributed by atoms with van der Waals surface area (Å²) >= 11 is 16.0. The molecule has 2 aromatic carbocycles. The van der Waals surface area contributed by atoms with E-state index in [0.29, 0.717) is 23.2 Å². The zero-order valence-electron chi connectivity index (χ0n) is 21.8. The maximum Gasteiger partial charge on any atom is 0.137 e. The highest BCUT2D eigenvalue weighted by atomic mass is 79.9. The summed E-state index contributed by atoms with van der Waals surface area (Å²) in [5.74, 6) is -1.56. The Bertz CT molecular complexity index is 1560. The second-order valence-electron chi connectivity index (χ2n) is 9.67. The van der Waals surface area contributed by atoms with Crippen LogP contribution in [0.4, 0.5) is 8.78 Å². The van der Waals surface area contributed by atoms with Gasteiger partial charge in [0.05, 0.1) is 26.2 Å². The molecule has 42 heavy (non-hydrogen) atoms. The van der Waals surface area contributed by atoms with Gasteiger partial charge in [0, 0.05) is 32.1 Å². The highest BCUT2D eigenvalue weighted by Gasteiger charge is 2.43. The van der Waals surface area contributed by atoms with E-state index in [1.807, 2.05) is 12.1 Å². The fourth-order valence-corrected chi connectivity index (χ4v) is 6.03. The molecule has 0 radical (unpaired) electrons. The topological polar surface area (TPSA) is 122 Å². The molecule has 0 saturated carbocycles. The third kappa shape index (κ3) is 7.01. The van der Waals surface area contributed by atoms with Gasteiger partial charge in [-0.05, 0) is 24.6 Å². The molecule has 5 aromatic rings. The van der Waals surface area contributed by atoms with Crippen LogP contribution in [0, 0.1) is 11.6 Å². The number of ether oxygens (including phenoxy) is 1. The van der Waals surface area contributed by atoms with Gasteiger partial charge in [0.1, 0.15) is 60.8 Å². The van der Waals surface area contributed by atoms with Gasteiger partial charge in [-0.1, -0.05) is 51.3 Å². The van der Waals surface area contributed by atoms with Gasteiger partial charge in [0.25, 0.3) is 0 Å². The van der Waals surface area contributed by atoms with E-state index in [2.05, 4.69) is 46.2 Å². The molecule has 3 aromatic heterocycles. The Kier molecular flexibility index (Phi) is 9.28. The van der Waals surface area contributed by atoms with Crippen molar-refractivity contribution in [2.24, 2.45) is 0 Å². The van der Waals surface area contributed by atoms with Crippen molar-refractivity contribution in [2.75, 3.05) is 6.61 Å². The molecule has 11 nitrogen and oxygen atoms in total. The number of halogens is 5. The Morgan fingerprint density at radius 1 is 0.929 bits per heavy atom. The van der Waals surface area contributed by atoms with Gasteiger partial charge in [0.2, 0.25) is 0 Å². The molecular weight excluding hydrogens is 659 g/mol. The molecule has 0 spiro atoms. The van der Waals surface area contributed by atoms with E-state index >= 15 is 0 Å². The zero-order valence-corrected chi connectivity index (χ0v) is 24.9. The summed E-state index contributed by atoms with van der Waals surface area (Å²) < 4.78 is 37.8. The molecule has 16 heteroatoms. The molecule has 1 saturated heterocycles. The Labute approximate surface area is 257 Å². The van der Waals surface area contributed by atoms with Crippen molar-refractivity contribution in [3.63, 3.8) is 0 Å². The van der Waals surface area contributed by atoms with Crippen LogP contribution in [0.25, 0.3) is 0 Å². The SMILES string of the molecule is Clc1ccc(C2(Cn3cncn3)CC(Br)CO2)c(Cl)c1.OC(Cn1cncn1)(Cn1cncn1)c1ccc(F)cc1F. The van der Waals surface area contributed by atoms with E-state index in [9.17, 15) is 13.9 Å². The molecule has 6 rings (SSSR count). The van der Waals surface area contributed by atoms with Gasteiger partial charge < -0.3 is 9.84 Å². The summed E-state index contributed by atoms with van der Waals surface area (Å²) in [4.78, 5) is 11.8. The highest BCUT2D eigenvalue weighted by Crippen LogP contribution is 2.43. The van der Waals surface area contributed by atoms with Crippen LogP contribution in [-0.2, 0) is 35.6 Å². The Morgan fingerprint density at radius 3 is 2.05 bits per heavy atom. The first-order chi connectivity index (χ1) is 20.2. The van der Waals surface area contributed by atoms with E-state index in [1.165, 1.54) is 47.1 Å². The summed E-state index contributed by atoms with van der Waals surface area (Å²) in [7, 11) is 0. The second-order valence-corrected chi connectivity index (χ2v) is 11.8. The lowest BCUT2D eigenvalue weighted by Gasteiger charge is -2.29. The third-order valence-corrected chi connectivity index (χ3v) is 7.75. The smallest absolute Gasteiger partial charge is 0.137 e. The number of aliphatic hydroxyl groups is 1. The number of nitrogens with zero attached hydrogens (tertiary/aromatic N) is 9. The molecular formula is C26H24BrCl2F2N9O2. The molecule has 4 heterocycles. The van der Waals surface area contributed by atoms with Gasteiger partial charge in [-0.25, -0.2) is 37.8 Å². The molecule has 220 valence electrons. The van der Waals surface area contributed by atoms with Crippen molar-refractivity contribution < 1.29 is 18.6 Å². The minimum Gasteiger partial charge on any atom is -0.381 e. The van der Waals surface area contributed by atoms with Crippen molar-refractivity contribution in [2.45, 2.75) is 42.1 Å². The Balaban J connectivity index is 0.000000169. The average molecular weight is 683 g/mol. The minimum absolute atomic E-state index is 0.0556. The quantitative estimate of drug-likeness (QED) is 0.239. The predicted octanol–water partition coefficient (Wildman–Crippen LogP) is 4.40. The minimum atomic E-state index is -1.70. The second kappa shape index (κ2) is 12.9. The van der Waals surface area contributed by atoms with Gasteiger partial charge >= 0.3 is 0 Å². The van der Waals surface area contributed by atoms with Crippen LogP contribution >= 0.6 is 39.1 Å². The predicted molar refractivity (Wildman–Crippen MR) is 152 cm³/mol. The molecule has 2 unspecified atom stereocenters. The number of benzene rings is 2. The number of rotatable bonds is 8. The first-order valence-electron chi connectivity index (χ1n) is 12.5. The lowest BCUT2D eigenvalue weighted by molar-refractivity contribution is -0.0169. The van der Waals surface area contributed by atoms with Crippen LogP contribution in [0.2, 0.25) is 10.0 Å². The largest absolute Gasteiger partial charge is 0.381 e. The third-order valence-electron chi connectivity index (χ3n) is 6.61. The van der Waals surface area contributed by atoms with Crippen LogP contribution in [-0.4, -0.2) is 60.8 Å². The summed E-state index contributed by atoms with van der Waals surface area (Å²) in [6.07, 6.45) is 9.40. The monoisotopic (exact) mass is 681 g/mol. The van der Waals surface area contributed by atoms with E-state index in [0.717, 1.165) is 24.1 Å². The van der Waals surface area contributed by atoms with Gasteiger partial charge in [-0.2, -0.15) is 15.3 Å². The van der Waals surface area contributed by atoms with Crippen molar-refractivity contribution >= 4 is 39.1 Å². The molecule has 2 atom stereocenters. The first kappa shape index (κ1) is 30.2. The maximum atomic E-state index is 14.1. The number of hydrogen-bond acceptors (Lipinski definition) is 8. The molecule has 1 fully saturated rings. The maximum absolute atomic E-state index is 14.1. The summed E-state index contributed by atoms with van der Waals surface area (Å²) in [6, 6.07) is 8.52. The molecule has 1 aliphatic rings. The van der Waals surface area contributed by atoms with Crippen LogP contribution in [0.5, 0.6) is 0 Å². The average Bonchev–Trinajstić information content (AvgIpc) is 3.75. The summed E-state index contributed by atoms with van der Waals surface area (Å²) in [6.45, 7) is 1.05. The van der Waals surface area contributed by atoms with Crippen molar-refractivity contribution in [3.8, 4) is 0 Å². The highest BCUT2D eigenvalue weighted by molar-refractivity contribution is 9.09. The normalized spacial score (nSPS) is 18.6. The van der Waals surface area contributed by atoms with Gasteiger partial charge in [0.15, 0.2) is 0 Å². The van der Waals surface area contributed by atoms with E-state index in [1.54, 1.807) is 17.1 Å². The van der Waals surface area contributed by atoms with Crippen LogP contribution < -0.4 is 0 Å². The number of hydrogen-bond donors (Lipinski definition) is 1. The van der Waals surface area contributed by atoms with E-state index < -0.39 is 22.8 Å². The van der Waals surface area contributed by atoms with Crippen LogP contribution in [0.15, 0.2) is 74.4 Å². The van der Waals surface area contributed by atoms with Crippen molar-refractivity contribution in [1.82, 2.24) is 44.3 Å². The lowest BCUT2D eigenvalue weighted by Crippen LogP contribution is -2.37. The number of aromatic nitrogens is 9. The molecule has 1 aliphatic heterocycles. The molecule has 1 N–H and O–H groups in total. The lowest BCUT2D eigenvalue weighted by atomic mass is 9.90. The van der Waals surface area contributed by atoms with Crippen molar-refractivity contribution in [1.29, 1.82) is 0 Å². The number of alkyl halides is 1. The Hall–Kier alpha value is -3.30. The fraction of sp³-hybridized carbons (Fsp3) is 0.308. The summed E-state index contributed by atoms with van der Waals surface area (Å²) in [5, 5.41) is 24.2. The van der Waals surface area contributed by atoms with Crippen LogP contribution in [0.3, 0.4) is 0 Å². The van der Waals surface area contributed by atoms with Gasteiger partial charge in [-0.3, -0.25) is 0 Å². The molecule has 0 bridgehead atoms. The molecule has 0 aliphatic carbocycles. The van der Waals surface area contributed by atoms with E-state index in [4.69, 9.17) is 27.9 Å².